The molecular formula is C23H46N2O4. The van der Waals surface area contributed by atoms with Gasteiger partial charge in [-0.2, -0.15) is 0 Å². The van der Waals surface area contributed by atoms with Crippen LogP contribution in [0.15, 0.2) is 0 Å². The average Bonchev–Trinajstić information content (AvgIpc) is 2.77. The lowest BCUT2D eigenvalue weighted by molar-refractivity contribution is -0.128. The van der Waals surface area contributed by atoms with Gasteiger partial charge in [-0.15, -0.1) is 0 Å². The van der Waals surface area contributed by atoms with Crippen molar-refractivity contribution >= 4 is 11.7 Å². The van der Waals surface area contributed by atoms with Crippen LogP contribution in [0.2, 0.25) is 0 Å². The van der Waals surface area contributed by atoms with Gasteiger partial charge in [0.2, 0.25) is 5.91 Å². The number of hydrogen-bond donors (Lipinski definition) is 1. The molecule has 0 unspecified atom stereocenters. The smallest absolute Gasteiger partial charge is 0.223 e. The van der Waals surface area contributed by atoms with Crippen molar-refractivity contribution in [1.29, 1.82) is 0 Å². The minimum absolute atomic E-state index is 0. The standard InChI is InChI=1S/C21H38N2O4.C2H6.H2/c1-16(2)20(24)17-4-6-19(7-5-17)23-11-8-18(9-12-23)21(25)22-10-13-27-15-14-26-3;1-2;/h16-19H,4-15H2,1-3H3,(H,22,25);1-2H3;1H. The number of nitrogens with zero attached hydrogens (tertiary/aromatic N) is 1. The van der Waals surface area contributed by atoms with Crippen LogP contribution >= 0.6 is 0 Å². The van der Waals surface area contributed by atoms with E-state index in [1.165, 1.54) is 0 Å². The Morgan fingerprint density at radius 3 is 2.14 bits per heavy atom. The van der Waals surface area contributed by atoms with Crippen LogP contribution in [0.1, 0.15) is 67.6 Å². The molecule has 0 atom stereocenters. The first-order chi connectivity index (χ1) is 14.0. The molecule has 1 saturated carbocycles. The summed E-state index contributed by atoms with van der Waals surface area (Å²) in [4.78, 5) is 27.0. The summed E-state index contributed by atoms with van der Waals surface area (Å²) >= 11 is 0. The molecule has 1 aliphatic carbocycles. The van der Waals surface area contributed by atoms with E-state index in [-0.39, 0.29) is 25.1 Å². The molecule has 0 aromatic heterocycles. The number of ketones is 1. The second-order valence-electron chi connectivity index (χ2n) is 8.27. The first-order valence-electron chi connectivity index (χ1n) is 11.6. The Morgan fingerprint density at radius 1 is 0.966 bits per heavy atom. The molecule has 0 radical (unpaired) electrons. The molecule has 0 aromatic carbocycles. The van der Waals surface area contributed by atoms with Crippen molar-refractivity contribution in [3.63, 3.8) is 0 Å². The summed E-state index contributed by atoms with van der Waals surface area (Å²) in [5, 5.41) is 2.99. The highest BCUT2D eigenvalue weighted by Crippen LogP contribution is 2.32. The maximum Gasteiger partial charge on any atom is 0.223 e. The number of carbonyl (C=O) groups is 2. The van der Waals surface area contributed by atoms with Gasteiger partial charge in [0.05, 0.1) is 19.8 Å². The molecule has 1 amide bonds. The molecule has 0 aromatic rings. The summed E-state index contributed by atoms with van der Waals surface area (Å²) in [5.74, 6) is 1.16. The zero-order valence-electron chi connectivity index (χ0n) is 19.4. The Morgan fingerprint density at radius 2 is 1.59 bits per heavy atom. The van der Waals surface area contributed by atoms with E-state index in [0.29, 0.717) is 38.2 Å². The van der Waals surface area contributed by atoms with E-state index >= 15 is 0 Å². The Balaban J connectivity index is 0.00000272. The molecule has 1 heterocycles. The number of Topliss-reactive ketones (excluding diaryl/α,β-unsaturated/α-hetero) is 1. The predicted octanol–water partition coefficient (Wildman–Crippen LogP) is 3.53. The normalized spacial score (nSPS) is 23.4. The summed E-state index contributed by atoms with van der Waals surface area (Å²) in [6, 6.07) is 0.597. The quantitative estimate of drug-likeness (QED) is 0.554. The van der Waals surface area contributed by atoms with Gasteiger partial charge in [-0.05, 0) is 51.6 Å². The number of methoxy groups -OCH3 is 1. The zero-order valence-corrected chi connectivity index (χ0v) is 19.4. The average molecular weight is 415 g/mol. The third-order valence-electron chi connectivity index (χ3n) is 6.06. The largest absolute Gasteiger partial charge is 0.382 e. The summed E-state index contributed by atoms with van der Waals surface area (Å²) in [7, 11) is 1.65. The fraction of sp³-hybridized carbons (Fsp3) is 0.913. The molecule has 1 N–H and O–H groups in total. The fourth-order valence-electron chi connectivity index (χ4n) is 4.36. The number of amides is 1. The van der Waals surface area contributed by atoms with Gasteiger partial charge >= 0.3 is 0 Å². The van der Waals surface area contributed by atoms with Crippen LogP contribution < -0.4 is 5.32 Å². The van der Waals surface area contributed by atoms with Crippen molar-refractivity contribution in [2.75, 3.05) is 46.6 Å². The van der Waals surface area contributed by atoms with Gasteiger partial charge in [-0.1, -0.05) is 27.7 Å². The van der Waals surface area contributed by atoms with Crippen LogP contribution in [-0.2, 0) is 19.1 Å². The molecule has 1 saturated heterocycles. The van der Waals surface area contributed by atoms with Crippen LogP contribution in [0, 0.1) is 17.8 Å². The Kier molecular flexibility index (Phi) is 13.4. The van der Waals surface area contributed by atoms with E-state index in [1.807, 2.05) is 27.7 Å². The minimum Gasteiger partial charge on any atom is -0.382 e. The van der Waals surface area contributed by atoms with Crippen LogP contribution in [0.5, 0.6) is 0 Å². The molecule has 1 aliphatic heterocycles. The van der Waals surface area contributed by atoms with Crippen LogP contribution in [0.4, 0.5) is 0 Å². The molecule has 29 heavy (non-hydrogen) atoms. The van der Waals surface area contributed by atoms with Crippen molar-refractivity contribution in [2.24, 2.45) is 17.8 Å². The molecule has 172 valence electrons. The predicted molar refractivity (Wildman–Crippen MR) is 119 cm³/mol. The third kappa shape index (κ3) is 9.14. The van der Waals surface area contributed by atoms with Gasteiger partial charge in [0.15, 0.2) is 0 Å². The monoisotopic (exact) mass is 414 g/mol. The summed E-state index contributed by atoms with van der Waals surface area (Å²) in [6.45, 7) is 12.3. The number of carbonyl (C=O) groups excluding carboxylic acids is 2. The lowest BCUT2D eigenvalue weighted by Crippen LogP contribution is -2.46. The summed E-state index contributed by atoms with van der Waals surface area (Å²) < 4.78 is 10.3. The van der Waals surface area contributed by atoms with E-state index in [1.54, 1.807) is 7.11 Å². The zero-order chi connectivity index (χ0) is 21.6. The number of rotatable bonds is 10. The van der Waals surface area contributed by atoms with E-state index in [2.05, 4.69) is 10.2 Å². The highest BCUT2D eigenvalue weighted by Gasteiger charge is 2.33. The van der Waals surface area contributed by atoms with Crippen LogP contribution in [0.25, 0.3) is 0 Å². The molecule has 0 spiro atoms. The van der Waals surface area contributed by atoms with Crippen molar-refractivity contribution in [1.82, 2.24) is 10.2 Å². The van der Waals surface area contributed by atoms with Gasteiger partial charge in [-0.25, -0.2) is 0 Å². The lowest BCUT2D eigenvalue weighted by Gasteiger charge is -2.40. The van der Waals surface area contributed by atoms with Crippen molar-refractivity contribution < 1.29 is 20.5 Å². The second-order valence-corrected chi connectivity index (χ2v) is 8.27. The molecule has 6 heteroatoms. The molecule has 6 nitrogen and oxygen atoms in total. The van der Waals surface area contributed by atoms with E-state index in [0.717, 1.165) is 51.6 Å². The molecule has 2 rings (SSSR count). The SMILES string of the molecule is CC.COCCOCCNC(=O)C1CCN(C2CCC(C(=O)C(C)C)CC2)CC1.[HH]. The summed E-state index contributed by atoms with van der Waals surface area (Å²) in [5.41, 5.74) is 0. The topological polar surface area (TPSA) is 67.9 Å². The van der Waals surface area contributed by atoms with E-state index in [9.17, 15) is 9.59 Å². The van der Waals surface area contributed by atoms with Gasteiger partial charge in [0.25, 0.3) is 0 Å². The molecule has 2 aliphatic rings. The lowest BCUT2D eigenvalue weighted by atomic mass is 9.79. The maximum absolute atomic E-state index is 12.3. The Labute approximate surface area is 179 Å². The summed E-state index contributed by atoms with van der Waals surface area (Å²) in [6.07, 6.45) is 6.18. The van der Waals surface area contributed by atoms with E-state index < -0.39 is 0 Å². The van der Waals surface area contributed by atoms with Crippen molar-refractivity contribution in [2.45, 2.75) is 72.3 Å². The first kappa shape index (κ1) is 26.1. The molecule has 0 bridgehead atoms. The van der Waals surface area contributed by atoms with Gasteiger partial charge in [-0.3, -0.25) is 9.59 Å². The van der Waals surface area contributed by atoms with Crippen molar-refractivity contribution in [3.8, 4) is 0 Å². The Bertz CT molecular complexity index is 460. The first-order valence-corrected chi connectivity index (χ1v) is 11.6. The highest BCUT2D eigenvalue weighted by molar-refractivity contribution is 5.82. The van der Waals surface area contributed by atoms with E-state index in [4.69, 9.17) is 9.47 Å². The minimum atomic E-state index is 0. The molecular weight excluding hydrogens is 368 g/mol. The van der Waals surface area contributed by atoms with Crippen LogP contribution in [-0.4, -0.2) is 69.2 Å². The van der Waals surface area contributed by atoms with Crippen LogP contribution in [0.3, 0.4) is 0 Å². The number of hydrogen-bond acceptors (Lipinski definition) is 5. The van der Waals surface area contributed by atoms with Crippen molar-refractivity contribution in [3.05, 3.63) is 0 Å². The molecule has 2 fully saturated rings. The number of likely N-dealkylation sites (tertiary alicyclic amines) is 1. The third-order valence-corrected chi connectivity index (χ3v) is 6.06. The highest BCUT2D eigenvalue weighted by atomic mass is 16.5. The number of nitrogens with one attached hydrogen (secondary N) is 1. The maximum atomic E-state index is 12.3. The van der Waals surface area contributed by atoms with Gasteiger partial charge in [0.1, 0.15) is 5.78 Å². The van der Waals surface area contributed by atoms with Gasteiger partial charge < -0.3 is 19.7 Å². The van der Waals surface area contributed by atoms with Gasteiger partial charge in [0, 0.05) is 38.9 Å². The number of ether oxygens (including phenoxy) is 2. The fourth-order valence-corrected chi connectivity index (χ4v) is 4.36. The number of piperidine rings is 1. The second kappa shape index (κ2) is 14.9. The Hall–Kier alpha value is -0.980.